The SMILES string of the molecule is Cc1ccccc1C1(CC(=O)N(C)Cc2ccon2)CC(=O)N(Cc2ccncc2)C1=O. The van der Waals surface area contributed by atoms with Crippen LogP contribution < -0.4 is 0 Å². The molecule has 0 aliphatic carbocycles. The summed E-state index contributed by atoms with van der Waals surface area (Å²) in [4.78, 5) is 46.8. The normalized spacial score (nSPS) is 18.2. The van der Waals surface area contributed by atoms with E-state index in [1.165, 1.54) is 16.1 Å². The Balaban J connectivity index is 1.66. The van der Waals surface area contributed by atoms with Gasteiger partial charge in [-0.25, -0.2) is 0 Å². The van der Waals surface area contributed by atoms with Crippen LogP contribution in [0, 0.1) is 6.92 Å². The maximum atomic E-state index is 13.8. The van der Waals surface area contributed by atoms with Gasteiger partial charge in [-0.2, -0.15) is 0 Å². The molecule has 1 fully saturated rings. The zero-order valence-electron chi connectivity index (χ0n) is 18.0. The summed E-state index contributed by atoms with van der Waals surface area (Å²) in [6, 6.07) is 12.7. The predicted octanol–water partition coefficient (Wildman–Crippen LogP) is 2.62. The Hall–Kier alpha value is -3.81. The van der Waals surface area contributed by atoms with Crippen LogP contribution in [0.25, 0.3) is 0 Å². The minimum atomic E-state index is -1.25. The molecule has 1 aromatic carbocycles. The van der Waals surface area contributed by atoms with E-state index in [-0.39, 0.29) is 43.7 Å². The van der Waals surface area contributed by atoms with Gasteiger partial charge < -0.3 is 9.42 Å². The van der Waals surface area contributed by atoms with Crippen LogP contribution in [0.2, 0.25) is 0 Å². The first-order valence-corrected chi connectivity index (χ1v) is 10.3. The largest absolute Gasteiger partial charge is 0.364 e. The second-order valence-corrected chi connectivity index (χ2v) is 8.13. The van der Waals surface area contributed by atoms with Crippen molar-refractivity contribution < 1.29 is 18.9 Å². The van der Waals surface area contributed by atoms with Crippen LogP contribution in [0.3, 0.4) is 0 Å². The predicted molar refractivity (Wildman–Crippen MR) is 115 cm³/mol. The van der Waals surface area contributed by atoms with E-state index < -0.39 is 5.41 Å². The van der Waals surface area contributed by atoms with Crippen LogP contribution in [0.4, 0.5) is 0 Å². The fraction of sp³-hybridized carbons (Fsp3) is 0.292. The fourth-order valence-electron chi connectivity index (χ4n) is 4.23. The van der Waals surface area contributed by atoms with E-state index in [9.17, 15) is 14.4 Å². The van der Waals surface area contributed by atoms with Gasteiger partial charge in [-0.1, -0.05) is 29.4 Å². The number of benzene rings is 1. The molecule has 4 rings (SSSR count). The van der Waals surface area contributed by atoms with E-state index in [2.05, 4.69) is 10.1 Å². The molecule has 3 amide bonds. The molecule has 1 unspecified atom stereocenters. The van der Waals surface area contributed by atoms with Gasteiger partial charge in [0.2, 0.25) is 17.7 Å². The molecule has 0 bridgehead atoms. The van der Waals surface area contributed by atoms with Gasteiger partial charge in [0.1, 0.15) is 12.0 Å². The van der Waals surface area contributed by atoms with Gasteiger partial charge in [0.15, 0.2) is 0 Å². The van der Waals surface area contributed by atoms with Crippen molar-refractivity contribution in [3.05, 3.63) is 83.5 Å². The molecule has 0 spiro atoms. The molecule has 2 aromatic heterocycles. The third-order valence-corrected chi connectivity index (χ3v) is 5.93. The number of rotatable bonds is 7. The lowest BCUT2D eigenvalue weighted by atomic mass is 9.74. The lowest BCUT2D eigenvalue weighted by molar-refractivity contribution is -0.143. The Morgan fingerprint density at radius 3 is 2.59 bits per heavy atom. The van der Waals surface area contributed by atoms with Gasteiger partial charge in [-0.05, 0) is 35.7 Å². The Morgan fingerprint density at radius 1 is 1.16 bits per heavy atom. The molecule has 8 nitrogen and oxygen atoms in total. The summed E-state index contributed by atoms with van der Waals surface area (Å²) >= 11 is 0. The van der Waals surface area contributed by atoms with E-state index in [4.69, 9.17) is 4.52 Å². The van der Waals surface area contributed by atoms with Crippen LogP contribution in [0.5, 0.6) is 0 Å². The van der Waals surface area contributed by atoms with E-state index in [0.29, 0.717) is 11.3 Å². The van der Waals surface area contributed by atoms with E-state index in [1.807, 2.05) is 31.2 Å². The highest BCUT2D eigenvalue weighted by molar-refractivity contribution is 6.10. The van der Waals surface area contributed by atoms with Gasteiger partial charge in [-0.3, -0.25) is 24.3 Å². The number of imide groups is 1. The molecule has 3 aromatic rings. The molecule has 164 valence electrons. The van der Waals surface area contributed by atoms with Gasteiger partial charge in [-0.15, -0.1) is 0 Å². The van der Waals surface area contributed by atoms with Crippen molar-refractivity contribution in [2.75, 3.05) is 7.05 Å². The van der Waals surface area contributed by atoms with E-state index >= 15 is 0 Å². The Labute approximate surface area is 185 Å². The van der Waals surface area contributed by atoms with Crippen LogP contribution in [-0.4, -0.2) is 44.7 Å². The first-order valence-electron chi connectivity index (χ1n) is 10.3. The van der Waals surface area contributed by atoms with Gasteiger partial charge in [0, 0.05) is 38.3 Å². The highest BCUT2D eigenvalue weighted by atomic mass is 16.5. The number of aromatic nitrogens is 2. The quantitative estimate of drug-likeness (QED) is 0.533. The van der Waals surface area contributed by atoms with Crippen molar-refractivity contribution in [2.24, 2.45) is 0 Å². The number of carbonyl (C=O) groups is 3. The van der Waals surface area contributed by atoms with Crippen molar-refractivity contribution in [3.8, 4) is 0 Å². The number of carbonyl (C=O) groups excluding carboxylic acids is 3. The number of amides is 3. The third-order valence-electron chi connectivity index (χ3n) is 5.93. The van der Waals surface area contributed by atoms with Crippen molar-refractivity contribution in [3.63, 3.8) is 0 Å². The van der Waals surface area contributed by atoms with Crippen molar-refractivity contribution >= 4 is 17.7 Å². The minimum absolute atomic E-state index is 0.0503. The number of hydrogen-bond acceptors (Lipinski definition) is 6. The smallest absolute Gasteiger partial charge is 0.241 e. The molecular weight excluding hydrogens is 408 g/mol. The monoisotopic (exact) mass is 432 g/mol. The highest BCUT2D eigenvalue weighted by Crippen LogP contribution is 2.42. The van der Waals surface area contributed by atoms with Crippen LogP contribution in [-0.2, 0) is 32.9 Å². The average molecular weight is 432 g/mol. The zero-order valence-corrected chi connectivity index (χ0v) is 18.0. The van der Waals surface area contributed by atoms with Crippen molar-refractivity contribution in [1.82, 2.24) is 19.9 Å². The number of pyridine rings is 1. The molecular formula is C24H24N4O4. The number of aryl methyl sites for hydroxylation is 1. The van der Waals surface area contributed by atoms with Gasteiger partial charge in [0.25, 0.3) is 0 Å². The summed E-state index contributed by atoms with van der Waals surface area (Å²) in [6.07, 6.45) is 4.53. The van der Waals surface area contributed by atoms with Crippen molar-refractivity contribution in [1.29, 1.82) is 0 Å². The summed E-state index contributed by atoms with van der Waals surface area (Å²) in [5.74, 6) is -0.887. The van der Waals surface area contributed by atoms with Crippen LogP contribution >= 0.6 is 0 Å². The molecule has 1 atom stereocenters. The summed E-state index contributed by atoms with van der Waals surface area (Å²) in [7, 11) is 1.65. The molecule has 0 saturated carbocycles. The van der Waals surface area contributed by atoms with Gasteiger partial charge >= 0.3 is 0 Å². The van der Waals surface area contributed by atoms with Crippen LogP contribution in [0.1, 0.15) is 35.2 Å². The summed E-state index contributed by atoms with van der Waals surface area (Å²) in [6.45, 7) is 2.29. The molecule has 0 radical (unpaired) electrons. The maximum Gasteiger partial charge on any atom is 0.241 e. The second-order valence-electron chi connectivity index (χ2n) is 8.13. The third kappa shape index (κ3) is 4.03. The zero-order chi connectivity index (χ0) is 22.7. The maximum absolute atomic E-state index is 13.8. The molecule has 32 heavy (non-hydrogen) atoms. The topological polar surface area (TPSA) is 96.6 Å². The lowest BCUT2D eigenvalue weighted by Gasteiger charge is -2.30. The average Bonchev–Trinajstić information content (AvgIpc) is 3.37. The Morgan fingerprint density at radius 2 is 1.91 bits per heavy atom. The summed E-state index contributed by atoms with van der Waals surface area (Å²) < 4.78 is 4.84. The number of nitrogens with zero attached hydrogens (tertiary/aromatic N) is 4. The molecule has 1 saturated heterocycles. The van der Waals surface area contributed by atoms with E-state index in [0.717, 1.165) is 11.1 Å². The summed E-state index contributed by atoms with van der Waals surface area (Å²) in [5.41, 5.74) is 1.74. The lowest BCUT2D eigenvalue weighted by Crippen LogP contribution is -2.42. The molecule has 3 heterocycles. The molecule has 0 N–H and O–H groups in total. The van der Waals surface area contributed by atoms with Crippen LogP contribution in [0.15, 0.2) is 65.6 Å². The second kappa shape index (κ2) is 8.74. The fourth-order valence-corrected chi connectivity index (χ4v) is 4.23. The minimum Gasteiger partial charge on any atom is -0.364 e. The molecule has 1 aliphatic rings. The molecule has 1 aliphatic heterocycles. The Bertz CT molecular complexity index is 1130. The Kier molecular flexibility index (Phi) is 5.85. The van der Waals surface area contributed by atoms with Crippen molar-refractivity contribution in [2.45, 2.75) is 38.3 Å². The number of likely N-dealkylation sites (tertiary alicyclic amines) is 1. The first kappa shape index (κ1) is 21.4. The standard InChI is InChI=1S/C24H24N4O4/c1-17-5-3-4-6-20(17)24(13-21(29)27(2)16-19-9-12-32-26-19)14-22(30)28(23(24)31)15-18-7-10-25-11-8-18/h3-12H,13-16H2,1-2H3. The first-order chi connectivity index (χ1) is 15.4. The number of hydrogen-bond donors (Lipinski definition) is 0. The van der Waals surface area contributed by atoms with Gasteiger partial charge in [0.05, 0.1) is 18.5 Å². The van der Waals surface area contributed by atoms with E-state index in [1.54, 1.807) is 37.6 Å². The summed E-state index contributed by atoms with van der Waals surface area (Å²) in [5, 5.41) is 3.84. The highest BCUT2D eigenvalue weighted by Gasteiger charge is 2.54. The molecule has 8 heteroatoms.